The first-order valence-electron chi connectivity index (χ1n) is 5.53. The zero-order valence-electron chi connectivity index (χ0n) is 9.98. The van der Waals surface area contributed by atoms with Crippen molar-refractivity contribution in [1.29, 1.82) is 0 Å². The number of rotatable bonds is 2. The van der Waals surface area contributed by atoms with Crippen LogP contribution in [0.4, 0.5) is 13.2 Å². The van der Waals surface area contributed by atoms with Crippen LogP contribution < -0.4 is 0 Å². The van der Waals surface area contributed by atoms with Crippen LogP contribution in [0.2, 0.25) is 0 Å². The fourth-order valence-corrected chi connectivity index (χ4v) is 1.83. The third-order valence-corrected chi connectivity index (χ3v) is 2.73. The lowest BCUT2D eigenvalue weighted by atomic mass is 9.98. The van der Waals surface area contributed by atoms with Crippen LogP contribution in [0.5, 0.6) is 5.75 Å². The lowest BCUT2D eigenvalue weighted by Crippen LogP contribution is -2.12. The fourth-order valence-electron chi connectivity index (χ4n) is 1.83. The maximum absolute atomic E-state index is 12.7. The van der Waals surface area contributed by atoms with Crippen LogP contribution in [0.15, 0.2) is 42.5 Å². The Bertz CT molecular complexity index is 663. The molecule has 0 bridgehead atoms. The Kier molecular flexibility index (Phi) is 3.40. The molecule has 6 heteroatoms. The standard InChI is InChI=1S/C14H9F3O3/c15-14(16,17)12-5-4-9(7-11(12)13(19)20)8-2-1-3-10(18)6-8/h1-7,18H,(H,19,20). The van der Waals surface area contributed by atoms with Crippen molar-refractivity contribution < 1.29 is 28.2 Å². The van der Waals surface area contributed by atoms with Gasteiger partial charge < -0.3 is 10.2 Å². The number of aromatic hydroxyl groups is 1. The average Bonchev–Trinajstić information content (AvgIpc) is 2.37. The number of halogens is 3. The van der Waals surface area contributed by atoms with Crippen LogP contribution in [-0.2, 0) is 6.18 Å². The minimum absolute atomic E-state index is 0.0562. The molecule has 0 unspecified atom stereocenters. The van der Waals surface area contributed by atoms with Crippen molar-refractivity contribution in [1.82, 2.24) is 0 Å². The predicted octanol–water partition coefficient (Wildman–Crippen LogP) is 3.78. The molecule has 0 aliphatic rings. The number of aromatic carboxylic acids is 1. The Morgan fingerprint density at radius 3 is 2.20 bits per heavy atom. The Balaban J connectivity index is 2.59. The van der Waals surface area contributed by atoms with Crippen molar-refractivity contribution in [3.8, 4) is 16.9 Å². The van der Waals surface area contributed by atoms with E-state index in [1.54, 1.807) is 6.07 Å². The molecule has 0 aliphatic heterocycles. The minimum atomic E-state index is -4.73. The van der Waals surface area contributed by atoms with Crippen LogP contribution >= 0.6 is 0 Å². The number of phenols is 1. The lowest BCUT2D eigenvalue weighted by molar-refractivity contribution is -0.138. The van der Waals surface area contributed by atoms with E-state index in [4.69, 9.17) is 5.11 Å². The van der Waals surface area contributed by atoms with Gasteiger partial charge in [0.05, 0.1) is 11.1 Å². The molecule has 0 spiro atoms. The third kappa shape index (κ3) is 2.74. The van der Waals surface area contributed by atoms with Gasteiger partial charge in [-0.15, -0.1) is 0 Å². The second kappa shape index (κ2) is 4.88. The maximum atomic E-state index is 12.7. The second-order valence-electron chi connectivity index (χ2n) is 4.11. The van der Waals surface area contributed by atoms with Gasteiger partial charge in [0.15, 0.2) is 0 Å². The zero-order valence-corrected chi connectivity index (χ0v) is 9.98. The number of phenolic OH excluding ortho intramolecular Hbond substituents is 1. The molecule has 2 aromatic carbocycles. The van der Waals surface area contributed by atoms with Gasteiger partial charge in [-0.1, -0.05) is 18.2 Å². The molecule has 3 nitrogen and oxygen atoms in total. The minimum Gasteiger partial charge on any atom is -0.508 e. The molecule has 2 rings (SSSR count). The number of carboxylic acid groups (broad SMARTS) is 1. The van der Waals surface area contributed by atoms with Crippen molar-refractivity contribution in [2.75, 3.05) is 0 Å². The second-order valence-corrected chi connectivity index (χ2v) is 4.11. The highest BCUT2D eigenvalue weighted by Gasteiger charge is 2.35. The van der Waals surface area contributed by atoms with Gasteiger partial charge in [0.1, 0.15) is 5.75 Å². The molecule has 0 radical (unpaired) electrons. The highest BCUT2D eigenvalue weighted by Crippen LogP contribution is 2.34. The molecule has 0 atom stereocenters. The largest absolute Gasteiger partial charge is 0.508 e. The van der Waals surface area contributed by atoms with E-state index < -0.39 is 23.3 Å². The van der Waals surface area contributed by atoms with E-state index in [0.29, 0.717) is 5.56 Å². The van der Waals surface area contributed by atoms with Crippen LogP contribution in [0.25, 0.3) is 11.1 Å². The summed E-state index contributed by atoms with van der Waals surface area (Å²) in [5.41, 5.74) is -1.31. The first-order chi connectivity index (χ1) is 9.29. The summed E-state index contributed by atoms with van der Waals surface area (Å²) in [6, 6.07) is 8.67. The summed E-state index contributed by atoms with van der Waals surface area (Å²) < 4.78 is 38.1. The first kappa shape index (κ1) is 13.9. The third-order valence-electron chi connectivity index (χ3n) is 2.73. The molecule has 20 heavy (non-hydrogen) atoms. The SMILES string of the molecule is O=C(O)c1cc(-c2cccc(O)c2)ccc1C(F)(F)F. The summed E-state index contributed by atoms with van der Waals surface area (Å²) in [6.07, 6.45) is -4.73. The highest BCUT2D eigenvalue weighted by atomic mass is 19.4. The topological polar surface area (TPSA) is 57.5 Å². The van der Waals surface area contributed by atoms with Crippen LogP contribution in [0.1, 0.15) is 15.9 Å². The van der Waals surface area contributed by atoms with Crippen molar-refractivity contribution in [3.05, 3.63) is 53.6 Å². The molecular weight excluding hydrogens is 273 g/mol. The summed E-state index contributed by atoms with van der Waals surface area (Å²) in [6.45, 7) is 0. The molecule has 0 fully saturated rings. The van der Waals surface area contributed by atoms with Crippen molar-refractivity contribution >= 4 is 5.97 Å². The summed E-state index contributed by atoms with van der Waals surface area (Å²) >= 11 is 0. The van der Waals surface area contributed by atoms with E-state index in [2.05, 4.69) is 0 Å². The smallest absolute Gasteiger partial charge is 0.417 e. The summed E-state index contributed by atoms with van der Waals surface area (Å²) in [4.78, 5) is 11.0. The van der Waals surface area contributed by atoms with Gasteiger partial charge in [-0.05, 0) is 35.4 Å². The summed E-state index contributed by atoms with van der Waals surface area (Å²) in [5, 5.41) is 18.2. The number of hydrogen-bond acceptors (Lipinski definition) is 2. The van der Waals surface area contributed by atoms with Gasteiger partial charge in [0.25, 0.3) is 0 Å². The first-order valence-corrected chi connectivity index (χ1v) is 5.53. The Hall–Kier alpha value is -2.50. The van der Waals surface area contributed by atoms with E-state index in [-0.39, 0.29) is 11.3 Å². The molecule has 0 aromatic heterocycles. The normalized spacial score (nSPS) is 11.3. The maximum Gasteiger partial charge on any atom is 0.417 e. The number of carbonyl (C=O) groups is 1. The Morgan fingerprint density at radius 2 is 1.65 bits per heavy atom. The van der Waals surface area contributed by atoms with Crippen molar-refractivity contribution in [2.24, 2.45) is 0 Å². The molecular formula is C14H9F3O3. The van der Waals surface area contributed by atoms with E-state index >= 15 is 0 Å². The number of benzene rings is 2. The van der Waals surface area contributed by atoms with E-state index in [9.17, 15) is 23.1 Å². The van der Waals surface area contributed by atoms with Gasteiger partial charge in [-0.3, -0.25) is 0 Å². The number of carboxylic acids is 1. The van der Waals surface area contributed by atoms with Gasteiger partial charge >= 0.3 is 12.1 Å². The van der Waals surface area contributed by atoms with Crippen LogP contribution in [0.3, 0.4) is 0 Å². The molecule has 2 aromatic rings. The van der Waals surface area contributed by atoms with E-state index in [1.807, 2.05) is 0 Å². The van der Waals surface area contributed by atoms with Crippen molar-refractivity contribution in [2.45, 2.75) is 6.18 Å². The van der Waals surface area contributed by atoms with Crippen LogP contribution in [0, 0.1) is 0 Å². The summed E-state index contributed by atoms with van der Waals surface area (Å²) in [7, 11) is 0. The average molecular weight is 282 g/mol. The molecule has 0 saturated carbocycles. The predicted molar refractivity (Wildman–Crippen MR) is 65.5 cm³/mol. The van der Waals surface area contributed by atoms with E-state index in [1.165, 1.54) is 24.3 Å². The van der Waals surface area contributed by atoms with E-state index in [0.717, 1.165) is 12.1 Å². The van der Waals surface area contributed by atoms with Gasteiger partial charge in [0.2, 0.25) is 0 Å². The van der Waals surface area contributed by atoms with Gasteiger partial charge in [-0.2, -0.15) is 13.2 Å². The molecule has 2 N–H and O–H groups in total. The number of hydrogen-bond donors (Lipinski definition) is 2. The highest BCUT2D eigenvalue weighted by molar-refractivity contribution is 5.91. The molecule has 0 heterocycles. The van der Waals surface area contributed by atoms with Gasteiger partial charge in [0, 0.05) is 0 Å². The zero-order chi connectivity index (χ0) is 14.9. The molecule has 104 valence electrons. The molecule has 0 saturated heterocycles. The monoisotopic (exact) mass is 282 g/mol. The fraction of sp³-hybridized carbons (Fsp3) is 0.0714. The van der Waals surface area contributed by atoms with Gasteiger partial charge in [-0.25, -0.2) is 4.79 Å². The molecule has 0 amide bonds. The lowest BCUT2D eigenvalue weighted by Gasteiger charge is -2.12. The quantitative estimate of drug-likeness (QED) is 0.881. The van der Waals surface area contributed by atoms with Crippen molar-refractivity contribution in [3.63, 3.8) is 0 Å². The van der Waals surface area contributed by atoms with Crippen LogP contribution in [-0.4, -0.2) is 16.2 Å². The summed E-state index contributed by atoms with van der Waals surface area (Å²) in [5.74, 6) is -1.71. The number of alkyl halides is 3. The molecule has 0 aliphatic carbocycles. The Labute approximate surface area is 111 Å². The Morgan fingerprint density at radius 1 is 1.00 bits per heavy atom.